The summed E-state index contributed by atoms with van der Waals surface area (Å²) in [4.78, 5) is 20.6. The van der Waals surface area contributed by atoms with Gasteiger partial charge in [-0.15, -0.1) is 0 Å². The molecule has 0 amide bonds. The molecule has 0 fully saturated rings. The summed E-state index contributed by atoms with van der Waals surface area (Å²) in [5.41, 5.74) is 4.83. The van der Waals surface area contributed by atoms with Gasteiger partial charge in [-0.2, -0.15) is 8.75 Å². The van der Waals surface area contributed by atoms with E-state index in [2.05, 4.69) is 18.7 Å². The van der Waals surface area contributed by atoms with Crippen LogP contribution in [0.1, 0.15) is 30.0 Å². The molecule has 2 aromatic heterocycles. The molecule has 0 saturated heterocycles. The molecule has 6 rings (SSSR count). The predicted molar refractivity (Wildman–Crippen MR) is 136 cm³/mol. The second-order valence-electron chi connectivity index (χ2n) is 8.78. The van der Waals surface area contributed by atoms with Crippen LogP contribution < -0.4 is 4.74 Å². The minimum absolute atomic E-state index is 0.0646. The zero-order valence-corrected chi connectivity index (χ0v) is 20.5. The number of hydrogen-bond acceptors (Lipinski definition) is 8. The number of halogens is 1. The molecule has 1 aliphatic rings. The molecule has 8 nitrogen and oxygen atoms in total. The third kappa shape index (κ3) is 4.04. The van der Waals surface area contributed by atoms with Crippen molar-refractivity contribution in [3.8, 4) is 5.75 Å². The average Bonchev–Trinajstić information content (AvgIpc) is 3.61. The maximum Gasteiger partial charge on any atom is 0.342 e. The van der Waals surface area contributed by atoms with Crippen molar-refractivity contribution < 1.29 is 23.8 Å². The van der Waals surface area contributed by atoms with Crippen LogP contribution in [0.15, 0.2) is 66.5 Å². The average molecular weight is 517 g/mol. The molecule has 1 aliphatic heterocycles. The van der Waals surface area contributed by atoms with Gasteiger partial charge >= 0.3 is 5.97 Å². The summed E-state index contributed by atoms with van der Waals surface area (Å²) >= 11 is 1.07. The Bertz CT molecular complexity index is 1690. The highest BCUT2D eigenvalue weighted by molar-refractivity contribution is 7.00. The van der Waals surface area contributed by atoms with Crippen molar-refractivity contribution in [1.29, 1.82) is 0 Å². The molecule has 3 aromatic carbocycles. The number of fused-ring (bicyclic) bond motifs is 2. The number of hydrogen-bond donors (Lipinski definition) is 2. The highest BCUT2D eigenvalue weighted by Crippen LogP contribution is 2.45. The van der Waals surface area contributed by atoms with Crippen LogP contribution in [-0.4, -0.2) is 36.4 Å². The molecular weight excluding hydrogens is 495 g/mol. The molecule has 0 saturated carbocycles. The number of imidazole rings is 1. The number of ether oxygens (including phenoxy) is 2. The highest BCUT2D eigenvalue weighted by atomic mass is 32.1. The number of cyclic esters (lactones) is 1. The van der Waals surface area contributed by atoms with Crippen molar-refractivity contribution in [3.63, 3.8) is 0 Å². The van der Waals surface area contributed by atoms with Crippen LogP contribution in [0.5, 0.6) is 5.75 Å². The summed E-state index contributed by atoms with van der Waals surface area (Å²) in [5.74, 6) is -3.50. The smallest absolute Gasteiger partial charge is 0.342 e. The second kappa shape index (κ2) is 9.06. The molecule has 3 heterocycles. The molecule has 1 atom stereocenters. The van der Waals surface area contributed by atoms with Crippen LogP contribution in [0.25, 0.3) is 27.6 Å². The van der Waals surface area contributed by atoms with Gasteiger partial charge in [0.15, 0.2) is 11.6 Å². The van der Waals surface area contributed by atoms with Crippen LogP contribution in [-0.2, 0) is 21.7 Å². The maximum absolute atomic E-state index is 14.9. The van der Waals surface area contributed by atoms with E-state index in [0.29, 0.717) is 23.2 Å². The first-order valence-electron chi connectivity index (χ1n) is 11.7. The number of aliphatic hydroxyl groups is 1. The van der Waals surface area contributed by atoms with Gasteiger partial charge in [0.25, 0.3) is 5.79 Å². The molecule has 0 aliphatic carbocycles. The van der Waals surface area contributed by atoms with Gasteiger partial charge < -0.3 is 19.6 Å². The number of aromatic amines is 1. The summed E-state index contributed by atoms with van der Waals surface area (Å²) in [6, 6.07) is 15.0. The number of H-pyrrole nitrogens is 1. The van der Waals surface area contributed by atoms with E-state index in [4.69, 9.17) is 9.47 Å². The fourth-order valence-corrected chi connectivity index (χ4v) is 5.06. The molecule has 0 bridgehead atoms. The van der Waals surface area contributed by atoms with E-state index in [1.165, 1.54) is 12.1 Å². The summed E-state index contributed by atoms with van der Waals surface area (Å²) in [5, 5.41) is 11.9. The third-order valence-corrected chi connectivity index (χ3v) is 6.91. The van der Waals surface area contributed by atoms with E-state index in [1.807, 2.05) is 25.1 Å². The molecular formula is C27H21FN4O4S. The van der Waals surface area contributed by atoms with Gasteiger partial charge in [0.05, 0.1) is 41.3 Å². The lowest BCUT2D eigenvalue weighted by Crippen LogP contribution is -2.30. The lowest BCUT2D eigenvalue weighted by molar-refractivity contribution is -0.185. The third-order valence-electron chi connectivity index (χ3n) is 6.35. The van der Waals surface area contributed by atoms with Crippen molar-refractivity contribution in [2.24, 2.45) is 0 Å². The van der Waals surface area contributed by atoms with Gasteiger partial charge in [0, 0.05) is 17.6 Å². The van der Waals surface area contributed by atoms with Crippen molar-refractivity contribution in [1.82, 2.24) is 18.7 Å². The SMILES string of the molecule is CCCOc1ccc(C2(O)OC(=O)C(c3ccc4nsnc4c3)=C2Cc2ccc3[nH]cnc3c2)cc1F. The first-order valence-corrected chi connectivity index (χ1v) is 12.5. The molecule has 2 N–H and O–H groups in total. The lowest BCUT2D eigenvalue weighted by Gasteiger charge is -2.26. The van der Waals surface area contributed by atoms with Crippen LogP contribution in [0.2, 0.25) is 0 Å². The van der Waals surface area contributed by atoms with E-state index in [1.54, 1.807) is 24.5 Å². The summed E-state index contributed by atoms with van der Waals surface area (Å²) < 4.78 is 34.5. The second-order valence-corrected chi connectivity index (χ2v) is 9.31. The number of nitrogens with zero attached hydrogens (tertiary/aromatic N) is 3. The number of nitrogens with one attached hydrogen (secondary N) is 1. The first kappa shape index (κ1) is 23.3. The van der Waals surface area contributed by atoms with Gasteiger partial charge in [-0.1, -0.05) is 19.1 Å². The fraction of sp³-hybridized carbons (Fsp3) is 0.185. The van der Waals surface area contributed by atoms with Crippen molar-refractivity contribution in [2.45, 2.75) is 25.6 Å². The first-order chi connectivity index (χ1) is 18.0. The Kier molecular flexibility index (Phi) is 5.69. The lowest BCUT2D eigenvalue weighted by atomic mass is 9.88. The Morgan fingerprint density at radius 3 is 2.78 bits per heavy atom. The number of carbonyl (C=O) groups excluding carboxylic acids is 1. The monoisotopic (exact) mass is 516 g/mol. The highest BCUT2D eigenvalue weighted by Gasteiger charge is 2.48. The van der Waals surface area contributed by atoms with Gasteiger partial charge in [0.2, 0.25) is 0 Å². The van der Waals surface area contributed by atoms with Crippen LogP contribution in [0, 0.1) is 5.82 Å². The van der Waals surface area contributed by atoms with E-state index < -0.39 is 17.6 Å². The van der Waals surface area contributed by atoms with Crippen molar-refractivity contribution >= 4 is 45.3 Å². The zero-order valence-electron chi connectivity index (χ0n) is 19.7. The quantitative estimate of drug-likeness (QED) is 0.296. The molecule has 0 radical (unpaired) electrons. The fourth-order valence-electron chi connectivity index (χ4n) is 4.54. The molecule has 186 valence electrons. The molecule has 1 unspecified atom stereocenters. The Labute approximate surface area is 214 Å². The normalized spacial score (nSPS) is 17.6. The molecule has 5 aromatic rings. The number of benzene rings is 3. The van der Waals surface area contributed by atoms with Crippen molar-refractivity contribution in [2.75, 3.05) is 6.61 Å². The number of carbonyl (C=O) groups is 1. The van der Waals surface area contributed by atoms with E-state index in [0.717, 1.165) is 40.8 Å². The Morgan fingerprint density at radius 1 is 1.08 bits per heavy atom. The number of rotatable bonds is 7. The van der Waals surface area contributed by atoms with E-state index in [9.17, 15) is 14.3 Å². The van der Waals surface area contributed by atoms with Crippen LogP contribution in [0.3, 0.4) is 0 Å². The number of esters is 1. The van der Waals surface area contributed by atoms with Crippen molar-refractivity contribution in [3.05, 3.63) is 89.0 Å². The molecule has 37 heavy (non-hydrogen) atoms. The topological polar surface area (TPSA) is 110 Å². The summed E-state index contributed by atoms with van der Waals surface area (Å²) in [6.07, 6.45) is 2.47. The minimum Gasteiger partial charge on any atom is -0.491 e. The Hall–Kier alpha value is -4.15. The largest absolute Gasteiger partial charge is 0.491 e. The maximum atomic E-state index is 14.9. The van der Waals surface area contributed by atoms with Crippen LogP contribution in [0.4, 0.5) is 4.39 Å². The minimum atomic E-state index is -2.19. The Balaban J connectivity index is 1.50. The van der Waals surface area contributed by atoms with E-state index >= 15 is 0 Å². The van der Waals surface area contributed by atoms with Gasteiger partial charge in [-0.25, -0.2) is 14.2 Å². The van der Waals surface area contributed by atoms with Gasteiger partial charge in [0.1, 0.15) is 11.0 Å². The van der Waals surface area contributed by atoms with E-state index in [-0.39, 0.29) is 28.9 Å². The predicted octanol–water partition coefficient (Wildman–Crippen LogP) is 4.89. The summed E-state index contributed by atoms with van der Waals surface area (Å²) in [6.45, 7) is 2.28. The number of aromatic nitrogens is 4. The molecule has 10 heteroatoms. The summed E-state index contributed by atoms with van der Waals surface area (Å²) in [7, 11) is 0. The zero-order chi connectivity index (χ0) is 25.6. The van der Waals surface area contributed by atoms with Crippen LogP contribution >= 0.6 is 11.7 Å². The van der Waals surface area contributed by atoms with Gasteiger partial charge in [-0.3, -0.25) is 0 Å². The standard InChI is InChI=1S/C27H21FN4O4S/c1-2-9-35-24-8-5-17(13-19(24)28)27(34)18(10-15-3-6-20-22(11-15)30-14-29-20)25(26(33)36-27)16-4-7-21-23(12-16)32-37-31-21/h3-8,11-14,34H,2,9-10H2,1H3,(H,29,30). The van der Waals surface area contributed by atoms with Gasteiger partial charge in [-0.05, 0) is 60.0 Å². The Morgan fingerprint density at radius 2 is 1.95 bits per heavy atom. The molecule has 0 spiro atoms.